The minimum absolute atomic E-state index is 0.201. The molecular weight excluding hydrogens is 166 g/mol. The third kappa shape index (κ3) is 2.78. The van der Waals surface area contributed by atoms with E-state index < -0.39 is 0 Å². The topological polar surface area (TPSA) is 41.8 Å². The van der Waals surface area contributed by atoms with Gasteiger partial charge in [0.15, 0.2) is 0 Å². The second kappa shape index (κ2) is 4.50. The second-order valence-electron chi connectivity index (χ2n) is 2.81. The van der Waals surface area contributed by atoms with Crippen molar-refractivity contribution in [1.82, 2.24) is 0 Å². The Bertz CT molecular complexity index is 282. The van der Waals surface area contributed by atoms with Crippen molar-refractivity contribution in [3.8, 4) is 5.75 Å². The Morgan fingerprint density at radius 1 is 1.38 bits per heavy atom. The number of ether oxygens (including phenoxy) is 1. The highest BCUT2D eigenvalue weighted by molar-refractivity contribution is 5.85. The van der Waals surface area contributed by atoms with E-state index in [1.54, 1.807) is 6.92 Å². The maximum Gasteiger partial charge on any atom is 0.137 e. The van der Waals surface area contributed by atoms with Gasteiger partial charge in [0.1, 0.15) is 11.9 Å². The van der Waals surface area contributed by atoms with Crippen LogP contribution < -0.4 is 4.74 Å². The monoisotopic (exact) mass is 179 g/mol. The first-order valence-electron chi connectivity index (χ1n) is 4.14. The van der Waals surface area contributed by atoms with Crippen LogP contribution in [0.25, 0.3) is 0 Å². The maximum atomic E-state index is 8.49. The summed E-state index contributed by atoms with van der Waals surface area (Å²) >= 11 is 0. The molecule has 1 atom stereocenters. The molecule has 0 bridgehead atoms. The Hall–Kier alpha value is -1.51. The van der Waals surface area contributed by atoms with E-state index in [-0.39, 0.29) is 6.10 Å². The van der Waals surface area contributed by atoms with Crippen LogP contribution >= 0.6 is 0 Å². The minimum atomic E-state index is -0.201. The smallest absolute Gasteiger partial charge is 0.137 e. The Kier molecular flexibility index (Phi) is 3.31. The molecule has 1 rings (SSSR count). The molecule has 3 nitrogen and oxygen atoms in total. The summed E-state index contributed by atoms with van der Waals surface area (Å²) in [4.78, 5) is 0. The van der Waals surface area contributed by atoms with Crippen LogP contribution in [0, 0.1) is 0 Å². The molecule has 13 heavy (non-hydrogen) atoms. The van der Waals surface area contributed by atoms with Crippen LogP contribution in [-0.2, 0) is 0 Å². The van der Waals surface area contributed by atoms with Crippen molar-refractivity contribution in [3.63, 3.8) is 0 Å². The summed E-state index contributed by atoms with van der Waals surface area (Å²) in [6.07, 6.45) is -0.201. The van der Waals surface area contributed by atoms with E-state index in [1.807, 2.05) is 37.3 Å². The molecule has 1 aromatic carbocycles. The zero-order valence-electron chi connectivity index (χ0n) is 7.77. The van der Waals surface area contributed by atoms with Gasteiger partial charge in [0.05, 0.1) is 5.71 Å². The molecule has 0 saturated heterocycles. The van der Waals surface area contributed by atoms with Gasteiger partial charge in [-0.3, -0.25) is 0 Å². The zero-order chi connectivity index (χ0) is 9.68. The van der Waals surface area contributed by atoms with Crippen molar-refractivity contribution in [2.24, 2.45) is 5.16 Å². The summed E-state index contributed by atoms with van der Waals surface area (Å²) in [5.74, 6) is 0.776. The SMILES string of the molecule is C/C(=N\O)C(C)Oc1ccccc1. The predicted molar refractivity (Wildman–Crippen MR) is 51.4 cm³/mol. The molecule has 1 N–H and O–H groups in total. The number of oxime groups is 1. The van der Waals surface area contributed by atoms with Gasteiger partial charge in [-0.1, -0.05) is 23.4 Å². The van der Waals surface area contributed by atoms with Crippen molar-refractivity contribution >= 4 is 5.71 Å². The van der Waals surface area contributed by atoms with Crippen LogP contribution in [0.2, 0.25) is 0 Å². The van der Waals surface area contributed by atoms with Crippen molar-refractivity contribution in [2.45, 2.75) is 20.0 Å². The van der Waals surface area contributed by atoms with Gasteiger partial charge in [-0.15, -0.1) is 0 Å². The minimum Gasteiger partial charge on any atom is -0.485 e. The normalized spacial score (nSPS) is 13.8. The first-order chi connectivity index (χ1) is 6.24. The maximum absolute atomic E-state index is 8.49. The number of para-hydroxylation sites is 1. The van der Waals surface area contributed by atoms with Crippen molar-refractivity contribution < 1.29 is 9.94 Å². The standard InChI is InChI=1S/C10H13NO2/c1-8(11-12)9(2)13-10-6-4-3-5-7-10/h3-7,9,12H,1-2H3/b11-8+. The number of benzene rings is 1. The van der Waals surface area contributed by atoms with E-state index in [0.717, 1.165) is 5.75 Å². The number of nitrogens with zero attached hydrogens (tertiary/aromatic N) is 1. The molecule has 0 saturated carbocycles. The molecule has 0 aliphatic carbocycles. The van der Waals surface area contributed by atoms with E-state index in [9.17, 15) is 0 Å². The van der Waals surface area contributed by atoms with Crippen molar-refractivity contribution in [1.29, 1.82) is 0 Å². The van der Waals surface area contributed by atoms with Crippen LogP contribution in [0.3, 0.4) is 0 Å². The lowest BCUT2D eigenvalue weighted by molar-refractivity contribution is 0.266. The summed E-state index contributed by atoms with van der Waals surface area (Å²) in [7, 11) is 0. The van der Waals surface area contributed by atoms with Crippen molar-refractivity contribution in [3.05, 3.63) is 30.3 Å². The molecule has 3 heteroatoms. The Balaban J connectivity index is 2.60. The summed E-state index contributed by atoms with van der Waals surface area (Å²) in [6, 6.07) is 9.44. The van der Waals surface area contributed by atoms with Gasteiger partial charge in [-0.05, 0) is 26.0 Å². The summed E-state index contributed by atoms with van der Waals surface area (Å²) < 4.78 is 5.48. The van der Waals surface area contributed by atoms with Crippen LogP contribution in [0.5, 0.6) is 5.75 Å². The molecule has 0 amide bonds. The second-order valence-corrected chi connectivity index (χ2v) is 2.81. The molecule has 0 fully saturated rings. The molecule has 0 heterocycles. The van der Waals surface area contributed by atoms with Gasteiger partial charge in [-0.25, -0.2) is 0 Å². The van der Waals surface area contributed by atoms with Gasteiger partial charge in [0.2, 0.25) is 0 Å². The highest BCUT2D eigenvalue weighted by atomic mass is 16.5. The van der Waals surface area contributed by atoms with E-state index in [1.165, 1.54) is 0 Å². The number of hydrogen-bond acceptors (Lipinski definition) is 3. The van der Waals surface area contributed by atoms with Gasteiger partial charge in [0, 0.05) is 0 Å². The van der Waals surface area contributed by atoms with Gasteiger partial charge in [0.25, 0.3) is 0 Å². The van der Waals surface area contributed by atoms with Crippen LogP contribution in [-0.4, -0.2) is 17.0 Å². The Labute approximate surface area is 77.6 Å². The lowest BCUT2D eigenvalue weighted by atomic mass is 10.2. The molecule has 0 spiro atoms. The highest BCUT2D eigenvalue weighted by Gasteiger charge is 2.06. The molecule has 0 aliphatic heterocycles. The molecule has 70 valence electrons. The Morgan fingerprint density at radius 3 is 2.54 bits per heavy atom. The zero-order valence-corrected chi connectivity index (χ0v) is 7.77. The predicted octanol–water partition coefficient (Wildman–Crippen LogP) is 2.30. The molecule has 1 unspecified atom stereocenters. The largest absolute Gasteiger partial charge is 0.485 e. The summed E-state index contributed by atoms with van der Waals surface area (Å²) in [6.45, 7) is 3.55. The Morgan fingerprint density at radius 2 is 2.00 bits per heavy atom. The van der Waals surface area contributed by atoms with E-state index in [4.69, 9.17) is 9.94 Å². The van der Waals surface area contributed by atoms with Gasteiger partial charge in [-0.2, -0.15) is 0 Å². The average Bonchev–Trinajstić information content (AvgIpc) is 2.18. The quantitative estimate of drug-likeness (QED) is 0.439. The van der Waals surface area contributed by atoms with E-state index in [0.29, 0.717) is 5.71 Å². The lowest BCUT2D eigenvalue weighted by Gasteiger charge is -2.12. The van der Waals surface area contributed by atoms with Gasteiger partial charge >= 0.3 is 0 Å². The molecule has 1 aromatic rings. The average molecular weight is 179 g/mol. The van der Waals surface area contributed by atoms with Crippen molar-refractivity contribution in [2.75, 3.05) is 0 Å². The van der Waals surface area contributed by atoms with Crippen LogP contribution in [0.4, 0.5) is 0 Å². The summed E-state index contributed by atoms with van der Waals surface area (Å²) in [5, 5.41) is 11.6. The van der Waals surface area contributed by atoms with E-state index >= 15 is 0 Å². The third-order valence-corrected chi connectivity index (χ3v) is 1.80. The molecule has 0 radical (unpaired) electrons. The summed E-state index contributed by atoms with van der Waals surface area (Å²) in [5.41, 5.74) is 0.559. The highest BCUT2D eigenvalue weighted by Crippen LogP contribution is 2.11. The first-order valence-corrected chi connectivity index (χ1v) is 4.14. The first kappa shape index (κ1) is 9.58. The molecule has 0 aliphatic rings. The number of hydrogen-bond donors (Lipinski definition) is 1. The fraction of sp³-hybridized carbons (Fsp3) is 0.300. The molecular formula is C10H13NO2. The fourth-order valence-corrected chi connectivity index (χ4v) is 0.870. The lowest BCUT2D eigenvalue weighted by Crippen LogP contribution is -2.20. The molecule has 0 aromatic heterocycles. The third-order valence-electron chi connectivity index (χ3n) is 1.80. The van der Waals surface area contributed by atoms with E-state index in [2.05, 4.69) is 5.16 Å². The fourth-order valence-electron chi connectivity index (χ4n) is 0.870. The van der Waals surface area contributed by atoms with Crippen LogP contribution in [0.1, 0.15) is 13.8 Å². The van der Waals surface area contributed by atoms with Gasteiger partial charge < -0.3 is 9.94 Å². The van der Waals surface area contributed by atoms with Crippen LogP contribution in [0.15, 0.2) is 35.5 Å². The number of rotatable bonds is 3.